The van der Waals surface area contributed by atoms with Crippen molar-refractivity contribution in [3.63, 3.8) is 0 Å². The normalized spacial score (nSPS) is 17.1. The van der Waals surface area contributed by atoms with E-state index in [1.165, 1.54) is 0 Å². The molecule has 0 spiro atoms. The lowest BCUT2D eigenvalue weighted by Crippen LogP contribution is -2.52. The standard InChI is InChI=1S/C30H30N2O10/c1-19(32(17-26(33)34)27(35)25-18-40-30(42-25,28(36)37)29(38)39)24(14-9-20-6-3-2-4-7-20)21-10-12-22(13-11-21)41-23-8-5-15-31-16-23/h2-8,10-13,15-16,19,24-25H,9,14,17-18H2,1H3,(H,33,34)(H,36,37)(H,38,39). The molecule has 2 heterocycles. The number of aliphatic carboxylic acids is 3. The van der Waals surface area contributed by atoms with Gasteiger partial charge in [0.15, 0.2) is 6.10 Å². The van der Waals surface area contributed by atoms with Crippen molar-refractivity contribution < 1.29 is 48.7 Å². The van der Waals surface area contributed by atoms with Crippen molar-refractivity contribution in [3.8, 4) is 11.5 Å². The van der Waals surface area contributed by atoms with Gasteiger partial charge in [0.05, 0.1) is 12.8 Å². The number of hydrogen-bond donors (Lipinski definition) is 3. The SMILES string of the molecule is CC(C(CCc1ccccc1)c1ccc(Oc2cccnc2)cc1)N(CC(=O)O)C(=O)C1COC(C(=O)O)(C(=O)O)O1. The topological polar surface area (TPSA) is 173 Å². The van der Waals surface area contributed by atoms with E-state index in [9.17, 15) is 34.5 Å². The van der Waals surface area contributed by atoms with Gasteiger partial charge in [-0.15, -0.1) is 0 Å². The van der Waals surface area contributed by atoms with Gasteiger partial charge in [-0.1, -0.05) is 42.5 Å². The number of carboxylic acid groups (broad SMARTS) is 3. The highest BCUT2D eigenvalue weighted by Crippen LogP contribution is 2.33. The zero-order valence-corrected chi connectivity index (χ0v) is 22.7. The highest BCUT2D eigenvalue weighted by Gasteiger charge is 2.58. The number of carbonyl (C=O) groups is 4. The molecule has 12 heteroatoms. The number of pyridine rings is 1. The minimum absolute atomic E-state index is 0.382. The van der Waals surface area contributed by atoms with Gasteiger partial charge in [0, 0.05) is 18.2 Å². The van der Waals surface area contributed by atoms with E-state index >= 15 is 0 Å². The van der Waals surface area contributed by atoms with Crippen molar-refractivity contribution >= 4 is 23.8 Å². The molecule has 3 N–H and O–H groups in total. The van der Waals surface area contributed by atoms with Crippen LogP contribution in [0.25, 0.3) is 0 Å². The summed E-state index contributed by atoms with van der Waals surface area (Å²) in [6, 6.07) is 19.6. The molecule has 2 aromatic carbocycles. The molecule has 1 amide bonds. The molecule has 0 saturated carbocycles. The first-order valence-corrected chi connectivity index (χ1v) is 13.1. The molecule has 0 aliphatic carbocycles. The van der Waals surface area contributed by atoms with Crippen molar-refractivity contribution in [3.05, 3.63) is 90.3 Å². The first-order chi connectivity index (χ1) is 20.1. The summed E-state index contributed by atoms with van der Waals surface area (Å²) in [6.07, 6.45) is 2.71. The maximum atomic E-state index is 13.6. The van der Waals surface area contributed by atoms with E-state index < -0.39 is 54.9 Å². The number of amides is 1. The zero-order chi connectivity index (χ0) is 30.3. The van der Waals surface area contributed by atoms with E-state index in [2.05, 4.69) is 4.98 Å². The molecular weight excluding hydrogens is 548 g/mol. The largest absolute Gasteiger partial charge is 0.480 e. The first-order valence-electron chi connectivity index (χ1n) is 13.1. The summed E-state index contributed by atoms with van der Waals surface area (Å²) in [7, 11) is 0. The smallest absolute Gasteiger partial charge is 0.377 e. The van der Waals surface area contributed by atoms with Gasteiger partial charge in [0.25, 0.3) is 5.91 Å². The average molecular weight is 579 g/mol. The molecule has 0 bridgehead atoms. The molecule has 3 unspecified atom stereocenters. The van der Waals surface area contributed by atoms with Crippen LogP contribution in [0.1, 0.15) is 30.4 Å². The minimum Gasteiger partial charge on any atom is -0.480 e. The number of benzene rings is 2. The van der Waals surface area contributed by atoms with Crippen molar-refractivity contribution in [2.24, 2.45) is 0 Å². The van der Waals surface area contributed by atoms with Crippen LogP contribution in [0.2, 0.25) is 0 Å². The Kier molecular flexibility index (Phi) is 9.50. The van der Waals surface area contributed by atoms with E-state index in [-0.39, 0.29) is 5.92 Å². The summed E-state index contributed by atoms with van der Waals surface area (Å²) in [5, 5.41) is 28.5. The van der Waals surface area contributed by atoms with Crippen LogP contribution in [0.4, 0.5) is 0 Å². The summed E-state index contributed by atoms with van der Waals surface area (Å²) in [5.41, 5.74) is 1.84. The van der Waals surface area contributed by atoms with E-state index in [4.69, 9.17) is 14.2 Å². The van der Waals surface area contributed by atoms with Crippen LogP contribution in [0, 0.1) is 0 Å². The fraction of sp³-hybridized carbons (Fsp3) is 0.300. The van der Waals surface area contributed by atoms with Crippen LogP contribution >= 0.6 is 0 Å². The predicted molar refractivity (Wildman–Crippen MR) is 146 cm³/mol. The number of aryl methyl sites for hydroxylation is 1. The molecule has 1 fully saturated rings. The minimum atomic E-state index is -3.06. The third-order valence-corrected chi connectivity index (χ3v) is 7.01. The van der Waals surface area contributed by atoms with E-state index in [1.54, 1.807) is 43.6 Å². The van der Waals surface area contributed by atoms with Gasteiger partial charge in [0.1, 0.15) is 18.0 Å². The molecule has 1 aliphatic rings. The van der Waals surface area contributed by atoms with Gasteiger partial charge >= 0.3 is 23.7 Å². The van der Waals surface area contributed by atoms with Gasteiger partial charge in [-0.3, -0.25) is 14.6 Å². The van der Waals surface area contributed by atoms with Crippen molar-refractivity contribution in [1.82, 2.24) is 9.88 Å². The Morgan fingerprint density at radius 2 is 1.67 bits per heavy atom. The summed E-state index contributed by atoms with van der Waals surface area (Å²) in [4.78, 5) is 53.7. The number of carbonyl (C=O) groups excluding carboxylic acids is 1. The molecule has 0 radical (unpaired) electrons. The number of carboxylic acids is 3. The van der Waals surface area contributed by atoms with Crippen molar-refractivity contribution in [2.75, 3.05) is 13.2 Å². The molecule has 1 saturated heterocycles. The second-order valence-electron chi connectivity index (χ2n) is 9.74. The highest BCUT2D eigenvalue weighted by molar-refractivity contribution is 6.01. The van der Waals surface area contributed by atoms with Crippen LogP contribution in [0.3, 0.4) is 0 Å². The molecule has 220 valence electrons. The Balaban J connectivity index is 1.61. The Labute approximate surface area is 241 Å². The zero-order valence-electron chi connectivity index (χ0n) is 22.7. The Morgan fingerprint density at radius 1 is 0.976 bits per heavy atom. The molecule has 42 heavy (non-hydrogen) atoms. The average Bonchev–Trinajstić information content (AvgIpc) is 3.45. The predicted octanol–water partition coefficient (Wildman–Crippen LogP) is 3.17. The second-order valence-corrected chi connectivity index (χ2v) is 9.74. The summed E-state index contributed by atoms with van der Waals surface area (Å²) >= 11 is 0. The van der Waals surface area contributed by atoms with E-state index in [0.717, 1.165) is 16.0 Å². The maximum absolute atomic E-state index is 13.6. The Morgan fingerprint density at radius 3 is 2.24 bits per heavy atom. The molecule has 1 aliphatic heterocycles. The van der Waals surface area contributed by atoms with Gasteiger partial charge in [-0.05, 0) is 55.2 Å². The van der Waals surface area contributed by atoms with Gasteiger partial charge in [0.2, 0.25) is 0 Å². The van der Waals surface area contributed by atoms with Crippen LogP contribution in [-0.2, 0) is 35.1 Å². The summed E-state index contributed by atoms with van der Waals surface area (Å²) < 4.78 is 15.9. The van der Waals surface area contributed by atoms with Crippen LogP contribution in [0.5, 0.6) is 11.5 Å². The van der Waals surface area contributed by atoms with Crippen molar-refractivity contribution in [1.29, 1.82) is 0 Å². The number of nitrogens with zero attached hydrogens (tertiary/aromatic N) is 2. The number of hydrogen-bond acceptors (Lipinski definition) is 8. The molecule has 4 rings (SSSR count). The maximum Gasteiger partial charge on any atom is 0.377 e. The fourth-order valence-corrected chi connectivity index (χ4v) is 4.85. The van der Waals surface area contributed by atoms with Gasteiger partial charge in [-0.25, -0.2) is 9.59 Å². The van der Waals surface area contributed by atoms with E-state index in [0.29, 0.717) is 24.3 Å². The molecule has 3 aromatic rings. The number of ether oxygens (including phenoxy) is 3. The van der Waals surface area contributed by atoms with E-state index in [1.807, 2.05) is 42.5 Å². The lowest BCUT2D eigenvalue weighted by molar-refractivity contribution is -0.218. The first kappa shape index (κ1) is 30.2. The van der Waals surface area contributed by atoms with Crippen LogP contribution < -0.4 is 4.74 Å². The third-order valence-electron chi connectivity index (χ3n) is 7.01. The summed E-state index contributed by atoms with van der Waals surface area (Å²) in [5.74, 6) is -8.41. The molecule has 1 aromatic heterocycles. The van der Waals surface area contributed by atoms with Gasteiger partial charge in [-0.2, -0.15) is 0 Å². The molecule has 12 nitrogen and oxygen atoms in total. The van der Waals surface area contributed by atoms with Crippen LogP contribution in [0.15, 0.2) is 79.1 Å². The number of rotatable bonds is 13. The lowest BCUT2D eigenvalue weighted by atomic mass is 9.85. The lowest BCUT2D eigenvalue weighted by Gasteiger charge is -2.35. The fourth-order valence-electron chi connectivity index (χ4n) is 4.85. The second kappa shape index (κ2) is 13.2. The molecule has 3 atom stereocenters. The van der Waals surface area contributed by atoms with Crippen LogP contribution in [-0.4, -0.2) is 80.1 Å². The number of aromatic nitrogens is 1. The Hall–Kier alpha value is -4.81. The monoisotopic (exact) mass is 578 g/mol. The van der Waals surface area contributed by atoms with Gasteiger partial charge < -0.3 is 34.4 Å². The Bertz CT molecular complexity index is 1380. The third kappa shape index (κ3) is 6.90. The van der Waals surface area contributed by atoms with Crippen molar-refractivity contribution in [2.45, 2.75) is 43.6 Å². The summed E-state index contributed by atoms with van der Waals surface area (Å²) in [6.45, 7) is 0.292. The quantitative estimate of drug-likeness (QED) is 0.254. The highest BCUT2D eigenvalue weighted by atomic mass is 16.8. The molecular formula is C30H30N2O10.